The van der Waals surface area contributed by atoms with E-state index in [1.807, 2.05) is 24.3 Å². The van der Waals surface area contributed by atoms with Gasteiger partial charge in [-0.15, -0.1) is 0 Å². The number of carbonyl (C=O) groups excluding carboxylic acids is 2. The quantitative estimate of drug-likeness (QED) is 0.906. The average molecular weight is 319 g/mol. The van der Waals surface area contributed by atoms with E-state index in [1.54, 1.807) is 23.9 Å². The minimum atomic E-state index is -0.155. The molecule has 1 N–H and O–H groups in total. The molecule has 0 aliphatic carbocycles. The highest BCUT2D eigenvalue weighted by Gasteiger charge is 2.20. The van der Waals surface area contributed by atoms with Gasteiger partial charge in [-0.2, -0.15) is 0 Å². The molecule has 0 bridgehead atoms. The number of nitrogens with zero attached hydrogens (tertiary/aromatic N) is 2. The summed E-state index contributed by atoms with van der Waals surface area (Å²) in [7, 11) is 3.52. The first-order valence-electron chi connectivity index (χ1n) is 7.90. The summed E-state index contributed by atoms with van der Waals surface area (Å²) in [5, 5.41) is 2.89. The van der Waals surface area contributed by atoms with E-state index in [-0.39, 0.29) is 18.0 Å². The smallest absolute Gasteiger partial charge is 0.321 e. The highest BCUT2D eigenvalue weighted by atomic mass is 16.5. The molecule has 0 radical (unpaired) electrons. The lowest BCUT2D eigenvalue weighted by Gasteiger charge is -2.21. The minimum Gasteiger partial charge on any atom is -0.376 e. The highest BCUT2D eigenvalue weighted by molar-refractivity contribution is 5.89. The summed E-state index contributed by atoms with van der Waals surface area (Å²) in [6.45, 7) is 3.43. The molecule has 0 spiro atoms. The Hall–Kier alpha value is -2.08. The van der Waals surface area contributed by atoms with Crippen LogP contribution in [0.15, 0.2) is 24.3 Å². The first-order chi connectivity index (χ1) is 11.0. The van der Waals surface area contributed by atoms with Gasteiger partial charge in [0.25, 0.3) is 0 Å². The lowest BCUT2D eigenvalue weighted by Crippen LogP contribution is -2.37. The van der Waals surface area contributed by atoms with E-state index >= 15 is 0 Å². The summed E-state index contributed by atoms with van der Waals surface area (Å²) in [5.41, 5.74) is 1.70. The van der Waals surface area contributed by atoms with Crippen molar-refractivity contribution in [3.63, 3.8) is 0 Å². The fraction of sp³-hybridized carbons (Fsp3) is 0.529. The first-order valence-corrected chi connectivity index (χ1v) is 7.90. The maximum atomic E-state index is 12.2. The summed E-state index contributed by atoms with van der Waals surface area (Å²) in [5.74, 6) is 0.00994. The molecule has 6 nitrogen and oxygen atoms in total. The van der Waals surface area contributed by atoms with Crippen molar-refractivity contribution in [2.24, 2.45) is 0 Å². The molecule has 6 heteroatoms. The van der Waals surface area contributed by atoms with Crippen LogP contribution >= 0.6 is 0 Å². The summed E-state index contributed by atoms with van der Waals surface area (Å²) in [6, 6.07) is 7.38. The standard InChI is InChI=1S/C17H25N3O3/c1-13(21)19(2)11-14-6-4-7-15(10-14)18-17(22)20(3)12-16-8-5-9-23-16/h4,6-7,10,16H,5,8-9,11-12H2,1-3H3,(H,18,22)/t16-/m0/s1. The van der Waals surface area contributed by atoms with Crippen LogP contribution in [0.5, 0.6) is 0 Å². The van der Waals surface area contributed by atoms with Gasteiger partial charge < -0.3 is 19.9 Å². The van der Waals surface area contributed by atoms with Crippen molar-refractivity contribution in [1.29, 1.82) is 0 Å². The molecular weight excluding hydrogens is 294 g/mol. The Morgan fingerprint density at radius 1 is 1.30 bits per heavy atom. The van der Waals surface area contributed by atoms with Gasteiger partial charge in [-0.3, -0.25) is 4.79 Å². The molecule has 0 saturated carbocycles. The van der Waals surface area contributed by atoms with E-state index < -0.39 is 0 Å². The number of benzene rings is 1. The number of anilines is 1. The zero-order valence-corrected chi connectivity index (χ0v) is 14.0. The Labute approximate surface area is 137 Å². The third-order valence-corrected chi connectivity index (χ3v) is 3.98. The lowest BCUT2D eigenvalue weighted by atomic mass is 10.2. The Kier molecular flexibility index (Phi) is 5.98. The van der Waals surface area contributed by atoms with Gasteiger partial charge in [0, 0.05) is 46.4 Å². The number of hydrogen-bond acceptors (Lipinski definition) is 3. The summed E-state index contributed by atoms with van der Waals surface area (Å²) in [4.78, 5) is 26.8. The van der Waals surface area contributed by atoms with Crippen molar-refractivity contribution < 1.29 is 14.3 Å². The topological polar surface area (TPSA) is 61.9 Å². The van der Waals surface area contributed by atoms with E-state index in [9.17, 15) is 9.59 Å². The van der Waals surface area contributed by atoms with E-state index in [4.69, 9.17) is 4.74 Å². The Morgan fingerprint density at radius 2 is 2.09 bits per heavy atom. The molecule has 1 atom stereocenters. The van der Waals surface area contributed by atoms with Gasteiger partial charge in [-0.25, -0.2) is 4.79 Å². The monoisotopic (exact) mass is 319 g/mol. The van der Waals surface area contributed by atoms with Crippen LogP contribution in [0, 0.1) is 0 Å². The summed E-state index contributed by atoms with van der Waals surface area (Å²) in [6.07, 6.45) is 2.21. The Bertz CT molecular complexity index is 556. The van der Waals surface area contributed by atoms with E-state index in [0.717, 1.165) is 30.7 Å². The van der Waals surface area contributed by atoms with Crippen molar-refractivity contribution in [1.82, 2.24) is 9.80 Å². The highest BCUT2D eigenvalue weighted by Crippen LogP contribution is 2.15. The second kappa shape index (κ2) is 7.97. The summed E-state index contributed by atoms with van der Waals surface area (Å²) >= 11 is 0. The third-order valence-electron chi connectivity index (χ3n) is 3.98. The van der Waals surface area contributed by atoms with Gasteiger partial charge >= 0.3 is 6.03 Å². The van der Waals surface area contributed by atoms with Crippen LogP contribution in [0.3, 0.4) is 0 Å². The molecule has 1 aliphatic rings. The predicted octanol–water partition coefficient (Wildman–Crippen LogP) is 2.31. The molecule has 2 rings (SSSR count). The molecule has 1 aromatic rings. The van der Waals surface area contributed by atoms with Gasteiger partial charge in [0.15, 0.2) is 0 Å². The molecule has 1 fully saturated rings. The molecule has 3 amide bonds. The largest absolute Gasteiger partial charge is 0.376 e. The number of amides is 3. The van der Waals surface area contributed by atoms with Crippen LogP contribution in [-0.4, -0.2) is 55.1 Å². The van der Waals surface area contributed by atoms with Crippen molar-refractivity contribution in [2.75, 3.05) is 32.6 Å². The molecule has 1 aliphatic heterocycles. The van der Waals surface area contributed by atoms with Crippen molar-refractivity contribution in [2.45, 2.75) is 32.4 Å². The SMILES string of the molecule is CC(=O)N(C)Cc1cccc(NC(=O)N(C)C[C@@H]2CCCO2)c1. The van der Waals surface area contributed by atoms with E-state index in [0.29, 0.717) is 13.1 Å². The van der Waals surface area contributed by atoms with Crippen LogP contribution in [0.1, 0.15) is 25.3 Å². The maximum absolute atomic E-state index is 12.2. The van der Waals surface area contributed by atoms with Gasteiger partial charge in [0.1, 0.15) is 0 Å². The lowest BCUT2D eigenvalue weighted by molar-refractivity contribution is -0.128. The van der Waals surface area contributed by atoms with Crippen LogP contribution < -0.4 is 5.32 Å². The van der Waals surface area contributed by atoms with Crippen LogP contribution in [0.25, 0.3) is 0 Å². The molecule has 23 heavy (non-hydrogen) atoms. The van der Waals surface area contributed by atoms with Crippen LogP contribution in [0.2, 0.25) is 0 Å². The van der Waals surface area contributed by atoms with Crippen molar-refractivity contribution in [3.8, 4) is 0 Å². The number of likely N-dealkylation sites (N-methyl/N-ethyl adjacent to an activating group) is 1. The zero-order chi connectivity index (χ0) is 16.8. The van der Waals surface area contributed by atoms with Gasteiger partial charge in [0.2, 0.25) is 5.91 Å². The number of rotatable bonds is 5. The first kappa shape index (κ1) is 17.3. The molecule has 0 aromatic heterocycles. The Morgan fingerprint density at radius 3 is 2.74 bits per heavy atom. The minimum absolute atomic E-state index is 0.00994. The van der Waals surface area contributed by atoms with Crippen molar-refractivity contribution >= 4 is 17.6 Å². The number of ether oxygens (including phenoxy) is 1. The second-order valence-electron chi connectivity index (χ2n) is 6.02. The predicted molar refractivity (Wildman–Crippen MR) is 89.2 cm³/mol. The van der Waals surface area contributed by atoms with Crippen LogP contribution in [0.4, 0.5) is 10.5 Å². The van der Waals surface area contributed by atoms with Crippen molar-refractivity contribution in [3.05, 3.63) is 29.8 Å². The van der Waals surface area contributed by atoms with Crippen LogP contribution in [-0.2, 0) is 16.1 Å². The number of hydrogen-bond donors (Lipinski definition) is 1. The molecule has 1 aromatic carbocycles. The van der Waals surface area contributed by atoms with Gasteiger partial charge in [-0.1, -0.05) is 12.1 Å². The zero-order valence-electron chi connectivity index (χ0n) is 14.0. The molecular formula is C17H25N3O3. The number of nitrogens with one attached hydrogen (secondary N) is 1. The third kappa shape index (κ3) is 5.25. The number of urea groups is 1. The average Bonchev–Trinajstić information content (AvgIpc) is 3.00. The maximum Gasteiger partial charge on any atom is 0.321 e. The molecule has 1 saturated heterocycles. The molecule has 0 unspecified atom stereocenters. The summed E-state index contributed by atoms with van der Waals surface area (Å²) < 4.78 is 5.55. The van der Waals surface area contributed by atoms with Gasteiger partial charge in [-0.05, 0) is 30.5 Å². The fourth-order valence-corrected chi connectivity index (χ4v) is 2.53. The normalized spacial score (nSPS) is 16.9. The number of carbonyl (C=O) groups is 2. The second-order valence-corrected chi connectivity index (χ2v) is 6.02. The molecule has 126 valence electrons. The van der Waals surface area contributed by atoms with Gasteiger partial charge in [0.05, 0.1) is 6.10 Å². The Balaban J connectivity index is 1.90. The van der Waals surface area contributed by atoms with E-state index in [1.165, 1.54) is 6.92 Å². The van der Waals surface area contributed by atoms with E-state index in [2.05, 4.69) is 5.32 Å². The fourth-order valence-electron chi connectivity index (χ4n) is 2.53. The molecule has 1 heterocycles.